The highest BCUT2D eigenvalue weighted by Gasteiger charge is 2.46. The third kappa shape index (κ3) is 5.21. The maximum atomic E-state index is 4.66. The van der Waals surface area contributed by atoms with E-state index in [0.717, 1.165) is 35.7 Å². The van der Waals surface area contributed by atoms with E-state index < -0.39 is 0 Å². The Bertz CT molecular complexity index is 434. The van der Waals surface area contributed by atoms with Crippen molar-refractivity contribution in [1.29, 1.82) is 0 Å². The Morgan fingerprint density at radius 2 is 2.08 bits per heavy atom. The maximum absolute atomic E-state index is 4.66. The third-order valence-corrected chi connectivity index (χ3v) is 8.24. The van der Waals surface area contributed by atoms with E-state index in [9.17, 15) is 0 Å². The molecule has 0 aliphatic heterocycles. The Morgan fingerprint density at radius 1 is 1.32 bits per heavy atom. The van der Waals surface area contributed by atoms with Gasteiger partial charge in [0.25, 0.3) is 0 Å². The summed E-state index contributed by atoms with van der Waals surface area (Å²) in [5.74, 6) is 3.76. The van der Waals surface area contributed by atoms with E-state index in [1.807, 2.05) is 0 Å². The molecule has 5 atom stereocenters. The van der Waals surface area contributed by atoms with Gasteiger partial charge in [-0.3, -0.25) is 0 Å². The summed E-state index contributed by atoms with van der Waals surface area (Å²) in [6.45, 7) is 14.7. The van der Waals surface area contributed by atoms with Crippen molar-refractivity contribution in [1.82, 2.24) is 5.32 Å². The fourth-order valence-corrected chi connectivity index (χ4v) is 6.45. The van der Waals surface area contributed by atoms with Crippen LogP contribution in [0.3, 0.4) is 0 Å². The van der Waals surface area contributed by atoms with Crippen molar-refractivity contribution in [2.75, 3.05) is 12.3 Å². The molecule has 0 amide bonds. The van der Waals surface area contributed by atoms with Crippen molar-refractivity contribution in [3.63, 3.8) is 0 Å². The molecule has 0 aromatic rings. The van der Waals surface area contributed by atoms with E-state index >= 15 is 0 Å². The molecular formula is C23H43NS. The van der Waals surface area contributed by atoms with E-state index in [1.54, 1.807) is 0 Å². The summed E-state index contributed by atoms with van der Waals surface area (Å²) in [6, 6.07) is 0. The first-order valence-electron chi connectivity index (χ1n) is 10.8. The number of hydrogen-bond acceptors (Lipinski definition) is 2. The summed E-state index contributed by atoms with van der Waals surface area (Å²) in [6.07, 6.45) is 14.1. The van der Waals surface area contributed by atoms with Crippen LogP contribution in [0.25, 0.3) is 0 Å². The average molecular weight is 366 g/mol. The van der Waals surface area contributed by atoms with Crippen LogP contribution in [0.15, 0.2) is 12.3 Å². The van der Waals surface area contributed by atoms with Crippen molar-refractivity contribution >= 4 is 12.6 Å². The van der Waals surface area contributed by atoms with Crippen LogP contribution in [0, 0.1) is 28.6 Å². The van der Waals surface area contributed by atoms with Crippen molar-refractivity contribution in [3.8, 4) is 0 Å². The van der Waals surface area contributed by atoms with Gasteiger partial charge >= 0.3 is 0 Å². The molecule has 2 rings (SSSR count). The van der Waals surface area contributed by atoms with Crippen molar-refractivity contribution in [2.24, 2.45) is 28.6 Å². The molecule has 0 spiro atoms. The Kier molecular flexibility index (Phi) is 7.80. The van der Waals surface area contributed by atoms with Gasteiger partial charge in [0, 0.05) is 12.2 Å². The van der Waals surface area contributed by atoms with Gasteiger partial charge < -0.3 is 5.32 Å². The van der Waals surface area contributed by atoms with E-state index in [2.05, 4.69) is 52.2 Å². The minimum absolute atomic E-state index is 0.424. The standard InChI is InChI=1S/C23H43NS/c1-6-22(4,14-15-24-18(2)3)21(12-16-25)19-10-11-20-9-7-8-13-23(20,5)17-19/h19-21,24-25H,2,6-17H2,1,3-5H3. The predicted octanol–water partition coefficient (Wildman–Crippen LogP) is 6.85. The van der Waals surface area contributed by atoms with Crippen LogP contribution in [0.4, 0.5) is 0 Å². The van der Waals surface area contributed by atoms with Crippen LogP contribution in [0.1, 0.15) is 91.9 Å². The second kappa shape index (κ2) is 9.20. The lowest BCUT2D eigenvalue weighted by Gasteiger charge is -2.52. The lowest BCUT2D eigenvalue weighted by atomic mass is 9.53. The van der Waals surface area contributed by atoms with Crippen LogP contribution in [0.5, 0.6) is 0 Å². The first kappa shape index (κ1) is 21.2. The molecule has 1 N–H and O–H groups in total. The molecule has 1 nitrogen and oxygen atoms in total. The highest BCUT2D eigenvalue weighted by molar-refractivity contribution is 7.80. The zero-order valence-electron chi connectivity index (χ0n) is 17.4. The van der Waals surface area contributed by atoms with Gasteiger partial charge in [0.2, 0.25) is 0 Å². The monoisotopic (exact) mass is 365 g/mol. The van der Waals surface area contributed by atoms with Gasteiger partial charge in [0.1, 0.15) is 0 Å². The van der Waals surface area contributed by atoms with E-state index in [1.165, 1.54) is 64.2 Å². The summed E-state index contributed by atoms with van der Waals surface area (Å²) in [5, 5.41) is 3.47. The number of hydrogen-bond donors (Lipinski definition) is 2. The SMILES string of the molecule is C=C(C)NCCC(C)(CC)C(CCS)C1CCC2CCCCC2(C)C1. The number of allylic oxidation sites excluding steroid dienone is 1. The zero-order valence-corrected chi connectivity index (χ0v) is 18.3. The van der Waals surface area contributed by atoms with Gasteiger partial charge in [0.05, 0.1) is 0 Å². The van der Waals surface area contributed by atoms with Gasteiger partial charge in [-0.15, -0.1) is 0 Å². The lowest BCUT2D eigenvalue weighted by molar-refractivity contribution is -0.0180. The van der Waals surface area contributed by atoms with E-state index in [-0.39, 0.29) is 0 Å². The minimum atomic E-state index is 0.424. The molecule has 2 saturated carbocycles. The third-order valence-electron chi connectivity index (χ3n) is 7.99. The molecule has 2 aliphatic carbocycles. The number of rotatable bonds is 9. The van der Waals surface area contributed by atoms with Gasteiger partial charge in [0.15, 0.2) is 0 Å². The Labute approximate surface area is 163 Å². The van der Waals surface area contributed by atoms with Crippen molar-refractivity contribution < 1.29 is 0 Å². The number of fused-ring (bicyclic) bond motifs is 1. The lowest BCUT2D eigenvalue weighted by Crippen LogP contribution is -2.43. The van der Waals surface area contributed by atoms with Crippen molar-refractivity contribution in [3.05, 3.63) is 12.3 Å². The van der Waals surface area contributed by atoms with E-state index in [0.29, 0.717) is 10.8 Å². The van der Waals surface area contributed by atoms with E-state index in [4.69, 9.17) is 0 Å². The van der Waals surface area contributed by atoms with Gasteiger partial charge in [-0.2, -0.15) is 12.6 Å². The van der Waals surface area contributed by atoms with Crippen LogP contribution in [-0.2, 0) is 0 Å². The molecule has 2 heteroatoms. The molecule has 0 aromatic carbocycles. The molecule has 0 radical (unpaired) electrons. The Balaban J connectivity index is 2.10. The first-order chi connectivity index (χ1) is 11.8. The number of thiol groups is 1. The molecule has 146 valence electrons. The van der Waals surface area contributed by atoms with Crippen LogP contribution in [0.2, 0.25) is 0 Å². The topological polar surface area (TPSA) is 12.0 Å². The normalized spacial score (nSPS) is 33.2. The quantitative estimate of drug-likeness (QED) is 0.426. The van der Waals surface area contributed by atoms with Gasteiger partial charge in [-0.1, -0.05) is 46.6 Å². The van der Waals surface area contributed by atoms with Crippen molar-refractivity contribution in [2.45, 2.75) is 91.9 Å². The number of nitrogens with one attached hydrogen (secondary N) is 1. The largest absolute Gasteiger partial charge is 0.389 e. The second-order valence-electron chi connectivity index (χ2n) is 9.72. The summed E-state index contributed by atoms with van der Waals surface area (Å²) in [4.78, 5) is 0. The summed E-state index contributed by atoms with van der Waals surface area (Å²) >= 11 is 4.66. The van der Waals surface area contributed by atoms with Gasteiger partial charge in [-0.05, 0) is 86.2 Å². The molecule has 0 saturated heterocycles. The molecule has 0 aromatic heterocycles. The molecule has 2 aliphatic rings. The Morgan fingerprint density at radius 3 is 2.72 bits per heavy atom. The summed E-state index contributed by atoms with van der Waals surface area (Å²) < 4.78 is 0. The zero-order chi connectivity index (χ0) is 18.5. The van der Waals surface area contributed by atoms with Crippen LogP contribution < -0.4 is 5.32 Å². The molecule has 5 unspecified atom stereocenters. The summed E-state index contributed by atoms with van der Waals surface area (Å²) in [7, 11) is 0. The Hall–Kier alpha value is -0.110. The average Bonchev–Trinajstić information content (AvgIpc) is 2.58. The highest BCUT2D eigenvalue weighted by atomic mass is 32.1. The smallest absolute Gasteiger partial charge is 0.0148 e. The molecule has 2 fully saturated rings. The fraction of sp³-hybridized carbons (Fsp3) is 0.913. The minimum Gasteiger partial charge on any atom is -0.389 e. The van der Waals surface area contributed by atoms with Gasteiger partial charge in [-0.25, -0.2) is 0 Å². The molecule has 0 heterocycles. The fourth-order valence-electron chi connectivity index (χ4n) is 6.17. The molecular weight excluding hydrogens is 322 g/mol. The summed E-state index contributed by atoms with van der Waals surface area (Å²) in [5.41, 5.74) is 2.15. The predicted molar refractivity (Wildman–Crippen MR) is 115 cm³/mol. The molecule has 25 heavy (non-hydrogen) atoms. The highest BCUT2D eigenvalue weighted by Crippen LogP contribution is 2.56. The first-order valence-corrected chi connectivity index (χ1v) is 11.5. The second-order valence-corrected chi connectivity index (χ2v) is 10.2. The van der Waals surface area contributed by atoms with Crippen LogP contribution >= 0.6 is 12.6 Å². The molecule has 0 bridgehead atoms. The maximum Gasteiger partial charge on any atom is 0.0148 e. The van der Waals surface area contributed by atoms with Crippen LogP contribution in [-0.4, -0.2) is 12.3 Å².